The molecule has 0 radical (unpaired) electrons. The van der Waals surface area contributed by atoms with Crippen LogP contribution in [-0.4, -0.2) is 37.4 Å². The van der Waals surface area contributed by atoms with Crippen LogP contribution in [0.5, 0.6) is 0 Å². The molecule has 0 aliphatic heterocycles. The molecule has 1 rings (SSSR count). The average Bonchev–Trinajstić information content (AvgIpc) is 2.77. The van der Waals surface area contributed by atoms with Gasteiger partial charge in [-0.1, -0.05) is 6.07 Å². The van der Waals surface area contributed by atoms with Crippen molar-refractivity contribution in [2.24, 2.45) is 0 Å². The fraction of sp³-hybridized carbons (Fsp3) is 0.600. The maximum Gasteiger partial charge on any atom is 0.217 e. The maximum atomic E-state index is 11.9. The number of hydrogen-bond acceptors (Lipinski definition) is 3. The molecule has 0 N–H and O–H groups in total. The second-order valence-electron chi connectivity index (χ2n) is 3.66. The number of alkyl halides is 1. The van der Waals surface area contributed by atoms with Gasteiger partial charge in [-0.25, -0.2) is 12.7 Å². The number of thiophene rings is 1. The Hall–Kier alpha value is -0.100. The van der Waals surface area contributed by atoms with E-state index < -0.39 is 15.3 Å². The summed E-state index contributed by atoms with van der Waals surface area (Å²) in [5.41, 5.74) is 0. The molecule has 3 nitrogen and oxygen atoms in total. The molecule has 0 saturated heterocycles. The minimum Gasteiger partial charge on any atom is -0.212 e. The lowest BCUT2D eigenvalue weighted by atomic mass is 10.3. The lowest BCUT2D eigenvalue weighted by molar-refractivity contribution is 0.467. The van der Waals surface area contributed by atoms with Crippen molar-refractivity contribution in [3.05, 3.63) is 22.4 Å². The van der Waals surface area contributed by atoms with Gasteiger partial charge in [0.15, 0.2) is 0 Å². The first kappa shape index (κ1) is 14.0. The molecule has 92 valence electrons. The summed E-state index contributed by atoms with van der Waals surface area (Å²) in [6, 6.07) is 3.98. The van der Waals surface area contributed by atoms with E-state index >= 15 is 0 Å². The van der Waals surface area contributed by atoms with E-state index in [-0.39, 0.29) is 5.88 Å². The van der Waals surface area contributed by atoms with Crippen LogP contribution in [0.2, 0.25) is 0 Å². The highest BCUT2D eigenvalue weighted by atomic mass is 35.5. The molecule has 1 unspecified atom stereocenters. The predicted octanol–water partition coefficient (Wildman–Crippen LogP) is 2.18. The molecule has 0 fully saturated rings. The van der Waals surface area contributed by atoms with Crippen LogP contribution in [-0.2, 0) is 16.4 Å². The zero-order chi connectivity index (χ0) is 12.2. The van der Waals surface area contributed by atoms with E-state index in [0.717, 1.165) is 6.42 Å². The van der Waals surface area contributed by atoms with Crippen LogP contribution in [0.15, 0.2) is 17.5 Å². The molecular weight excluding hydrogens is 266 g/mol. The van der Waals surface area contributed by atoms with Crippen molar-refractivity contribution in [3.8, 4) is 0 Å². The Morgan fingerprint density at radius 2 is 2.25 bits per heavy atom. The Morgan fingerprint density at radius 3 is 2.75 bits per heavy atom. The van der Waals surface area contributed by atoms with Gasteiger partial charge >= 0.3 is 0 Å². The van der Waals surface area contributed by atoms with Crippen molar-refractivity contribution >= 4 is 33.0 Å². The Bertz CT molecular complexity index is 402. The summed E-state index contributed by atoms with van der Waals surface area (Å²) < 4.78 is 25.1. The zero-order valence-electron chi connectivity index (χ0n) is 9.39. The zero-order valence-corrected chi connectivity index (χ0v) is 11.8. The standard InChI is InChI=1S/C10H16ClNO2S2/c1-9(8-11)16(13,14)12(2)6-5-10-4-3-7-15-10/h3-4,7,9H,5-6,8H2,1-2H3. The topological polar surface area (TPSA) is 37.4 Å². The second kappa shape index (κ2) is 6.00. The Morgan fingerprint density at radius 1 is 1.56 bits per heavy atom. The van der Waals surface area contributed by atoms with Gasteiger partial charge in [0.25, 0.3) is 0 Å². The fourth-order valence-corrected chi connectivity index (χ4v) is 3.53. The van der Waals surface area contributed by atoms with Gasteiger partial charge in [0.2, 0.25) is 10.0 Å². The SMILES string of the molecule is CC(CCl)S(=O)(=O)N(C)CCc1cccs1. The molecule has 0 aromatic carbocycles. The molecule has 0 bridgehead atoms. The van der Waals surface area contributed by atoms with E-state index in [1.165, 1.54) is 9.18 Å². The molecule has 6 heteroatoms. The fourth-order valence-electron chi connectivity index (χ4n) is 1.24. The van der Waals surface area contributed by atoms with Crippen molar-refractivity contribution in [3.63, 3.8) is 0 Å². The summed E-state index contributed by atoms with van der Waals surface area (Å²) in [6.45, 7) is 2.13. The highest BCUT2D eigenvalue weighted by Crippen LogP contribution is 2.13. The Kier molecular flexibility index (Phi) is 5.24. The number of rotatable bonds is 6. The lowest BCUT2D eigenvalue weighted by Gasteiger charge is -2.20. The van der Waals surface area contributed by atoms with Crippen molar-refractivity contribution in [1.82, 2.24) is 4.31 Å². The van der Waals surface area contributed by atoms with Gasteiger partial charge in [0, 0.05) is 24.3 Å². The Balaban J connectivity index is 2.55. The summed E-state index contributed by atoms with van der Waals surface area (Å²) in [7, 11) is -1.63. The van der Waals surface area contributed by atoms with Gasteiger partial charge in [-0.3, -0.25) is 0 Å². The van der Waals surface area contributed by atoms with Gasteiger partial charge in [-0.15, -0.1) is 22.9 Å². The van der Waals surface area contributed by atoms with E-state index in [9.17, 15) is 8.42 Å². The molecule has 0 amide bonds. The molecule has 1 atom stereocenters. The maximum absolute atomic E-state index is 11.9. The first-order valence-corrected chi connectivity index (χ1v) is 7.93. The summed E-state index contributed by atoms with van der Waals surface area (Å²) >= 11 is 7.22. The van der Waals surface area contributed by atoms with Crippen LogP contribution in [0.25, 0.3) is 0 Å². The smallest absolute Gasteiger partial charge is 0.212 e. The van der Waals surface area contributed by atoms with Crippen LogP contribution >= 0.6 is 22.9 Å². The van der Waals surface area contributed by atoms with E-state index in [1.807, 2.05) is 17.5 Å². The van der Waals surface area contributed by atoms with Crippen LogP contribution in [0.1, 0.15) is 11.8 Å². The van der Waals surface area contributed by atoms with Crippen molar-refractivity contribution in [2.75, 3.05) is 19.5 Å². The van der Waals surface area contributed by atoms with Crippen molar-refractivity contribution in [1.29, 1.82) is 0 Å². The highest BCUT2D eigenvalue weighted by molar-refractivity contribution is 7.89. The number of hydrogen-bond donors (Lipinski definition) is 0. The molecule has 16 heavy (non-hydrogen) atoms. The highest BCUT2D eigenvalue weighted by Gasteiger charge is 2.24. The van der Waals surface area contributed by atoms with Crippen LogP contribution in [0, 0.1) is 0 Å². The number of likely N-dealkylation sites (N-methyl/N-ethyl adjacent to an activating group) is 1. The van der Waals surface area contributed by atoms with Gasteiger partial charge < -0.3 is 0 Å². The molecular formula is C10H16ClNO2S2. The van der Waals surface area contributed by atoms with Crippen LogP contribution < -0.4 is 0 Å². The largest absolute Gasteiger partial charge is 0.217 e. The third-order valence-corrected chi connectivity index (χ3v) is 6.23. The minimum atomic E-state index is -3.24. The molecule has 1 aromatic heterocycles. The molecule has 1 aromatic rings. The van der Waals surface area contributed by atoms with Gasteiger partial charge in [0.05, 0.1) is 5.25 Å². The predicted molar refractivity (Wildman–Crippen MR) is 69.8 cm³/mol. The third kappa shape index (κ3) is 3.45. The van der Waals surface area contributed by atoms with Gasteiger partial charge in [-0.2, -0.15) is 0 Å². The number of halogens is 1. The van der Waals surface area contributed by atoms with Crippen molar-refractivity contribution in [2.45, 2.75) is 18.6 Å². The Labute approximate surface area is 106 Å². The van der Waals surface area contributed by atoms with E-state index in [1.54, 1.807) is 25.3 Å². The first-order chi connectivity index (χ1) is 7.48. The third-order valence-electron chi connectivity index (χ3n) is 2.41. The summed E-state index contributed by atoms with van der Waals surface area (Å²) in [5, 5.41) is 1.47. The summed E-state index contributed by atoms with van der Waals surface area (Å²) in [5.74, 6) is 0.131. The minimum absolute atomic E-state index is 0.131. The normalized spacial score (nSPS) is 14.2. The number of nitrogens with zero attached hydrogens (tertiary/aromatic N) is 1. The van der Waals surface area contributed by atoms with Crippen LogP contribution in [0.3, 0.4) is 0 Å². The van der Waals surface area contributed by atoms with E-state index in [4.69, 9.17) is 11.6 Å². The molecule has 0 aliphatic carbocycles. The summed E-state index contributed by atoms with van der Waals surface area (Å²) in [6.07, 6.45) is 0.752. The van der Waals surface area contributed by atoms with Crippen LogP contribution in [0.4, 0.5) is 0 Å². The lowest BCUT2D eigenvalue weighted by Crippen LogP contribution is -2.36. The van der Waals surface area contributed by atoms with Gasteiger partial charge in [-0.05, 0) is 24.8 Å². The van der Waals surface area contributed by atoms with E-state index in [2.05, 4.69) is 0 Å². The quantitative estimate of drug-likeness (QED) is 0.750. The molecule has 0 aliphatic rings. The van der Waals surface area contributed by atoms with Gasteiger partial charge in [0.1, 0.15) is 0 Å². The average molecular weight is 282 g/mol. The summed E-state index contributed by atoms with van der Waals surface area (Å²) in [4.78, 5) is 1.19. The monoisotopic (exact) mass is 281 g/mol. The van der Waals surface area contributed by atoms with E-state index in [0.29, 0.717) is 6.54 Å². The second-order valence-corrected chi connectivity index (χ2v) is 7.46. The number of sulfonamides is 1. The van der Waals surface area contributed by atoms with Crippen molar-refractivity contribution < 1.29 is 8.42 Å². The molecule has 1 heterocycles. The molecule has 0 saturated carbocycles. The molecule has 0 spiro atoms. The first-order valence-electron chi connectivity index (χ1n) is 5.02.